The molecule has 8 nitrogen and oxygen atoms in total. The first-order valence-corrected chi connectivity index (χ1v) is 10.1. The van der Waals surface area contributed by atoms with Crippen LogP contribution < -0.4 is 0 Å². The van der Waals surface area contributed by atoms with Crippen molar-refractivity contribution in [1.82, 2.24) is 29.0 Å². The number of aromatic nitrogens is 3. The van der Waals surface area contributed by atoms with Crippen molar-refractivity contribution in [2.24, 2.45) is 7.05 Å². The van der Waals surface area contributed by atoms with Crippen molar-refractivity contribution in [3.8, 4) is 5.82 Å². The van der Waals surface area contributed by atoms with Gasteiger partial charge in [-0.2, -0.15) is 5.10 Å². The van der Waals surface area contributed by atoms with Crippen LogP contribution in [0.2, 0.25) is 0 Å². The molecule has 4 rings (SSSR count). The van der Waals surface area contributed by atoms with E-state index in [4.69, 9.17) is 0 Å². The summed E-state index contributed by atoms with van der Waals surface area (Å²) in [4.78, 5) is 31.6. The third-order valence-electron chi connectivity index (χ3n) is 5.71. The van der Waals surface area contributed by atoms with Crippen LogP contribution in [0.3, 0.4) is 0 Å². The second kappa shape index (κ2) is 8.18. The number of piperidine rings is 1. The number of hydrogen-bond donors (Lipinski definition) is 0. The molecule has 2 saturated heterocycles. The summed E-state index contributed by atoms with van der Waals surface area (Å²) >= 11 is 0. The predicted octanol–water partition coefficient (Wildman–Crippen LogP) is 0.981. The minimum Gasteiger partial charge on any atom is -0.342 e. The zero-order valence-electron chi connectivity index (χ0n) is 16.5. The van der Waals surface area contributed by atoms with E-state index in [1.54, 1.807) is 10.9 Å². The molecule has 2 aliphatic heterocycles. The van der Waals surface area contributed by atoms with Crippen molar-refractivity contribution in [2.45, 2.75) is 19.3 Å². The van der Waals surface area contributed by atoms with E-state index < -0.39 is 0 Å². The van der Waals surface area contributed by atoms with Gasteiger partial charge in [-0.3, -0.25) is 19.2 Å². The van der Waals surface area contributed by atoms with E-state index in [0.717, 1.165) is 44.8 Å². The summed E-state index contributed by atoms with van der Waals surface area (Å²) in [6.07, 6.45) is 8.93. The summed E-state index contributed by atoms with van der Waals surface area (Å²) in [6, 6.07) is 3.86. The third kappa shape index (κ3) is 3.82. The zero-order chi connectivity index (χ0) is 19.5. The molecule has 2 aromatic heterocycles. The number of amides is 2. The molecule has 0 N–H and O–H groups in total. The molecule has 2 amide bonds. The highest BCUT2D eigenvalue weighted by atomic mass is 16.2. The Morgan fingerprint density at radius 1 is 0.929 bits per heavy atom. The van der Waals surface area contributed by atoms with Gasteiger partial charge in [-0.25, -0.2) is 0 Å². The second-order valence-corrected chi connectivity index (χ2v) is 7.61. The lowest BCUT2D eigenvalue weighted by Gasteiger charge is -2.36. The highest BCUT2D eigenvalue weighted by Gasteiger charge is 2.28. The van der Waals surface area contributed by atoms with Gasteiger partial charge in [-0.15, -0.1) is 0 Å². The molecule has 0 bridgehead atoms. The van der Waals surface area contributed by atoms with Crippen molar-refractivity contribution >= 4 is 11.8 Å². The summed E-state index contributed by atoms with van der Waals surface area (Å²) in [6.45, 7) is 4.96. The molecule has 0 spiro atoms. The fourth-order valence-corrected chi connectivity index (χ4v) is 4.08. The Bertz CT molecular complexity index is 814. The normalized spacial score (nSPS) is 18.5. The first kappa shape index (κ1) is 18.7. The Morgan fingerprint density at radius 3 is 2.29 bits per heavy atom. The maximum atomic E-state index is 13.1. The van der Waals surface area contributed by atoms with E-state index in [-0.39, 0.29) is 11.8 Å². The molecule has 0 unspecified atom stereocenters. The fourth-order valence-electron chi connectivity index (χ4n) is 4.08. The Hall–Kier alpha value is -2.61. The maximum Gasteiger partial charge on any atom is 0.259 e. The van der Waals surface area contributed by atoms with Crippen LogP contribution in [0.4, 0.5) is 0 Å². The predicted molar refractivity (Wildman–Crippen MR) is 105 cm³/mol. The number of carbonyl (C=O) groups excluding carboxylic acids is 2. The minimum absolute atomic E-state index is 0.00110. The summed E-state index contributed by atoms with van der Waals surface area (Å²) in [5.74, 6) is 0.998. The summed E-state index contributed by atoms with van der Waals surface area (Å²) in [5.41, 5.74) is 0.608. The van der Waals surface area contributed by atoms with E-state index in [0.29, 0.717) is 25.2 Å². The van der Waals surface area contributed by atoms with E-state index in [1.807, 2.05) is 45.9 Å². The SMILES string of the molecule is Cn1ncc(C(=O)N2CCN(CC(=O)N3CCCCC3)CC2)c1-n1cccc1. The van der Waals surface area contributed by atoms with Crippen LogP contribution in [0.1, 0.15) is 29.6 Å². The van der Waals surface area contributed by atoms with Crippen LogP contribution in [-0.2, 0) is 11.8 Å². The zero-order valence-corrected chi connectivity index (χ0v) is 16.5. The minimum atomic E-state index is -0.00110. The lowest BCUT2D eigenvalue weighted by atomic mass is 10.1. The summed E-state index contributed by atoms with van der Waals surface area (Å²) in [5, 5.41) is 4.28. The van der Waals surface area contributed by atoms with Gasteiger partial charge >= 0.3 is 0 Å². The van der Waals surface area contributed by atoms with Gasteiger partial charge in [-0.1, -0.05) is 0 Å². The van der Waals surface area contributed by atoms with Gasteiger partial charge in [0.15, 0.2) is 0 Å². The van der Waals surface area contributed by atoms with Crippen molar-refractivity contribution in [2.75, 3.05) is 45.8 Å². The standard InChI is InChI=1S/C20H28N6O2/c1-22-19(25-9-5-6-10-25)17(15-21-22)20(28)26-13-11-23(12-14-26)16-18(27)24-7-3-2-4-8-24/h5-6,9-10,15H,2-4,7-8,11-14,16H2,1H3. The van der Waals surface area contributed by atoms with Crippen LogP contribution >= 0.6 is 0 Å². The molecule has 0 aliphatic carbocycles. The Morgan fingerprint density at radius 2 is 1.61 bits per heavy atom. The van der Waals surface area contributed by atoms with Crippen molar-refractivity contribution < 1.29 is 9.59 Å². The number of nitrogens with zero attached hydrogens (tertiary/aromatic N) is 6. The van der Waals surface area contributed by atoms with E-state index in [9.17, 15) is 9.59 Å². The van der Waals surface area contributed by atoms with Gasteiger partial charge in [0.05, 0.1) is 12.7 Å². The van der Waals surface area contributed by atoms with Gasteiger partial charge in [-0.05, 0) is 31.4 Å². The smallest absolute Gasteiger partial charge is 0.259 e. The van der Waals surface area contributed by atoms with Gasteiger partial charge in [0, 0.05) is 58.7 Å². The number of hydrogen-bond acceptors (Lipinski definition) is 4. The first-order valence-electron chi connectivity index (χ1n) is 10.1. The fraction of sp³-hybridized carbons (Fsp3) is 0.550. The lowest BCUT2D eigenvalue weighted by molar-refractivity contribution is -0.133. The van der Waals surface area contributed by atoms with Crippen molar-refractivity contribution in [1.29, 1.82) is 0 Å². The highest BCUT2D eigenvalue weighted by molar-refractivity contribution is 5.97. The quantitative estimate of drug-likeness (QED) is 0.788. The Labute approximate surface area is 165 Å². The van der Waals surface area contributed by atoms with Crippen molar-refractivity contribution in [3.63, 3.8) is 0 Å². The molecule has 0 radical (unpaired) electrons. The van der Waals surface area contributed by atoms with Crippen LogP contribution in [0.15, 0.2) is 30.7 Å². The number of rotatable bonds is 4. The van der Waals surface area contributed by atoms with E-state index in [2.05, 4.69) is 10.00 Å². The van der Waals surface area contributed by atoms with Gasteiger partial charge < -0.3 is 14.4 Å². The highest BCUT2D eigenvalue weighted by Crippen LogP contribution is 2.17. The van der Waals surface area contributed by atoms with E-state index >= 15 is 0 Å². The monoisotopic (exact) mass is 384 g/mol. The Balaban J connectivity index is 1.35. The number of likely N-dealkylation sites (tertiary alicyclic amines) is 1. The maximum absolute atomic E-state index is 13.1. The summed E-state index contributed by atoms with van der Waals surface area (Å²) in [7, 11) is 1.84. The van der Waals surface area contributed by atoms with Crippen LogP contribution in [0, 0.1) is 0 Å². The first-order chi connectivity index (χ1) is 13.6. The molecule has 2 aliphatic rings. The molecule has 0 saturated carbocycles. The lowest BCUT2D eigenvalue weighted by Crippen LogP contribution is -2.52. The molecule has 0 atom stereocenters. The van der Waals surface area contributed by atoms with Crippen LogP contribution in [0.25, 0.3) is 5.82 Å². The molecule has 4 heterocycles. The van der Waals surface area contributed by atoms with Gasteiger partial charge in [0.2, 0.25) is 5.91 Å². The number of piperazine rings is 1. The average Bonchev–Trinajstić information content (AvgIpc) is 3.38. The molecular formula is C20H28N6O2. The average molecular weight is 384 g/mol. The molecule has 8 heteroatoms. The van der Waals surface area contributed by atoms with Crippen LogP contribution in [-0.4, -0.2) is 86.7 Å². The number of aryl methyl sites for hydroxylation is 1. The van der Waals surface area contributed by atoms with Gasteiger partial charge in [0.1, 0.15) is 11.4 Å². The molecule has 0 aromatic carbocycles. The molecule has 2 aromatic rings. The van der Waals surface area contributed by atoms with Crippen LogP contribution in [0.5, 0.6) is 0 Å². The van der Waals surface area contributed by atoms with Gasteiger partial charge in [0.25, 0.3) is 5.91 Å². The Kier molecular flexibility index (Phi) is 5.47. The van der Waals surface area contributed by atoms with Crippen molar-refractivity contribution in [3.05, 3.63) is 36.3 Å². The third-order valence-corrected chi connectivity index (χ3v) is 5.71. The second-order valence-electron chi connectivity index (χ2n) is 7.61. The van der Waals surface area contributed by atoms with E-state index in [1.165, 1.54) is 6.42 Å². The largest absolute Gasteiger partial charge is 0.342 e. The molecule has 28 heavy (non-hydrogen) atoms. The summed E-state index contributed by atoms with van der Waals surface area (Å²) < 4.78 is 3.63. The topological polar surface area (TPSA) is 66.6 Å². The molecule has 2 fully saturated rings. The number of carbonyl (C=O) groups is 2. The molecule has 150 valence electrons. The molecular weight excluding hydrogens is 356 g/mol.